The van der Waals surface area contributed by atoms with Crippen LogP contribution in [0.1, 0.15) is 18.9 Å². The van der Waals surface area contributed by atoms with E-state index in [1.54, 1.807) is 18.2 Å². The summed E-state index contributed by atoms with van der Waals surface area (Å²) in [6.45, 7) is 4.41. The first-order valence-electron chi connectivity index (χ1n) is 7.05. The fraction of sp³-hybridized carbons (Fsp3) is 0.571. The summed E-state index contributed by atoms with van der Waals surface area (Å²) in [5.41, 5.74) is 0.978. The van der Waals surface area contributed by atoms with Crippen molar-refractivity contribution in [3.8, 4) is 5.75 Å². The first-order valence-corrected chi connectivity index (χ1v) is 8.53. The Balaban J connectivity index is 1.81. The van der Waals surface area contributed by atoms with E-state index in [0.29, 0.717) is 17.4 Å². The molecule has 2 unspecified atom stereocenters. The molecule has 6 heteroatoms. The molecule has 20 heavy (non-hydrogen) atoms. The van der Waals surface area contributed by atoms with E-state index < -0.39 is 10.0 Å². The van der Waals surface area contributed by atoms with Crippen molar-refractivity contribution in [3.05, 3.63) is 23.8 Å². The van der Waals surface area contributed by atoms with Gasteiger partial charge in [-0.05, 0) is 49.2 Å². The van der Waals surface area contributed by atoms with Crippen molar-refractivity contribution in [2.24, 2.45) is 5.92 Å². The number of hydrogen-bond donors (Lipinski definition) is 2. The highest BCUT2D eigenvalue weighted by Gasteiger charge is 2.27. The second-order valence-electron chi connectivity index (χ2n) is 5.57. The van der Waals surface area contributed by atoms with Gasteiger partial charge in [0.1, 0.15) is 5.75 Å². The normalized spacial score (nSPS) is 26.1. The number of benzene rings is 1. The Bertz CT molecular complexity index is 600. The van der Waals surface area contributed by atoms with E-state index in [9.17, 15) is 8.42 Å². The molecule has 2 aliphatic rings. The Hall–Kier alpha value is -1.11. The molecule has 2 heterocycles. The molecule has 110 valence electrons. The maximum absolute atomic E-state index is 12.5. The lowest BCUT2D eigenvalue weighted by Gasteiger charge is -2.30. The molecule has 0 aliphatic carbocycles. The average molecular weight is 296 g/mol. The van der Waals surface area contributed by atoms with Gasteiger partial charge in [-0.25, -0.2) is 13.1 Å². The van der Waals surface area contributed by atoms with Gasteiger partial charge in [0.05, 0.1) is 11.5 Å². The molecule has 0 bridgehead atoms. The van der Waals surface area contributed by atoms with Crippen LogP contribution in [-0.4, -0.2) is 34.2 Å². The summed E-state index contributed by atoms with van der Waals surface area (Å²) in [5, 5.41) is 3.27. The molecule has 1 saturated heterocycles. The minimum absolute atomic E-state index is 0.00533. The Morgan fingerprint density at radius 1 is 1.40 bits per heavy atom. The van der Waals surface area contributed by atoms with E-state index in [0.717, 1.165) is 37.2 Å². The van der Waals surface area contributed by atoms with Gasteiger partial charge in [-0.3, -0.25) is 0 Å². The second kappa shape index (κ2) is 5.35. The van der Waals surface area contributed by atoms with Gasteiger partial charge in [0.25, 0.3) is 0 Å². The van der Waals surface area contributed by atoms with Crippen LogP contribution in [0.5, 0.6) is 5.75 Å². The molecule has 0 saturated carbocycles. The van der Waals surface area contributed by atoms with Crippen molar-refractivity contribution in [1.29, 1.82) is 0 Å². The lowest BCUT2D eigenvalue weighted by molar-refractivity contribution is 0.328. The lowest BCUT2D eigenvalue weighted by atomic mass is 9.97. The van der Waals surface area contributed by atoms with Gasteiger partial charge in [0.2, 0.25) is 10.0 Å². The molecule has 1 aromatic carbocycles. The minimum atomic E-state index is -3.45. The largest absolute Gasteiger partial charge is 0.493 e. The summed E-state index contributed by atoms with van der Waals surface area (Å²) >= 11 is 0. The van der Waals surface area contributed by atoms with Gasteiger partial charge in [0, 0.05) is 12.5 Å². The van der Waals surface area contributed by atoms with E-state index >= 15 is 0 Å². The van der Waals surface area contributed by atoms with Crippen molar-refractivity contribution >= 4 is 10.0 Å². The van der Waals surface area contributed by atoms with Gasteiger partial charge in [-0.2, -0.15) is 0 Å². The summed E-state index contributed by atoms with van der Waals surface area (Å²) in [4.78, 5) is 0.340. The smallest absolute Gasteiger partial charge is 0.240 e. The third-order valence-electron chi connectivity index (χ3n) is 4.06. The van der Waals surface area contributed by atoms with E-state index in [1.165, 1.54) is 0 Å². The monoisotopic (exact) mass is 296 g/mol. The maximum atomic E-state index is 12.5. The highest BCUT2D eigenvalue weighted by molar-refractivity contribution is 7.89. The van der Waals surface area contributed by atoms with Gasteiger partial charge < -0.3 is 10.1 Å². The molecule has 1 fully saturated rings. The molecule has 0 aromatic heterocycles. The van der Waals surface area contributed by atoms with Crippen molar-refractivity contribution in [2.75, 3.05) is 19.7 Å². The number of sulfonamides is 1. The van der Waals surface area contributed by atoms with E-state index in [-0.39, 0.29) is 6.04 Å². The number of rotatable bonds is 3. The minimum Gasteiger partial charge on any atom is -0.493 e. The van der Waals surface area contributed by atoms with Gasteiger partial charge in [0.15, 0.2) is 0 Å². The Morgan fingerprint density at radius 2 is 2.25 bits per heavy atom. The fourth-order valence-electron chi connectivity index (χ4n) is 2.79. The van der Waals surface area contributed by atoms with E-state index in [1.807, 2.05) is 0 Å². The van der Waals surface area contributed by atoms with Crippen LogP contribution in [0.4, 0.5) is 0 Å². The number of fused-ring (bicyclic) bond motifs is 1. The predicted molar refractivity (Wildman–Crippen MR) is 76.4 cm³/mol. The second-order valence-corrected chi connectivity index (χ2v) is 7.28. The highest BCUT2D eigenvalue weighted by atomic mass is 32.2. The number of hydrogen-bond acceptors (Lipinski definition) is 4. The lowest BCUT2D eigenvalue weighted by Crippen LogP contribution is -2.48. The zero-order valence-electron chi connectivity index (χ0n) is 11.6. The molecular weight excluding hydrogens is 276 g/mol. The van der Waals surface area contributed by atoms with Crippen LogP contribution in [0, 0.1) is 5.92 Å². The quantitative estimate of drug-likeness (QED) is 0.869. The zero-order chi connectivity index (χ0) is 14.2. The third kappa shape index (κ3) is 2.68. The predicted octanol–water partition coefficient (Wildman–Crippen LogP) is 0.898. The molecule has 3 rings (SSSR count). The molecular formula is C14H20N2O3S. The van der Waals surface area contributed by atoms with Crippen LogP contribution in [0.2, 0.25) is 0 Å². The standard InChI is InChI=1S/C14H20N2O3S/c1-10-9-15-6-4-13(10)16-20(17,18)12-2-3-14-11(8-12)5-7-19-14/h2-3,8,10,13,15-16H,4-7,9H2,1H3. The Labute approximate surface area is 119 Å². The van der Waals surface area contributed by atoms with E-state index in [4.69, 9.17) is 4.74 Å². The molecule has 2 atom stereocenters. The number of nitrogens with one attached hydrogen (secondary N) is 2. The van der Waals surface area contributed by atoms with Crippen LogP contribution in [0.25, 0.3) is 0 Å². The van der Waals surface area contributed by atoms with Crippen molar-refractivity contribution < 1.29 is 13.2 Å². The van der Waals surface area contributed by atoms with Crippen LogP contribution in [0.15, 0.2) is 23.1 Å². The first kappa shape index (κ1) is 13.9. The fourth-order valence-corrected chi connectivity index (χ4v) is 4.22. The van der Waals surface area contributed by atoms with Crippen molar-refractivity contribution in [3.63, 3.8) is 0 Å². The number of piperidine rings is 1. The van der Waals surface area contributed by atoms with Gasteiger partial charge in [-0.1, -0.05) is 6.92 Å². The van der Waals surface area contributed by atoms with Gasteiger partial charge in [-0.15, -0.1) is 0 Å². The summed E-state index contributed by atoms with van der Waals surface area (Å²) < 4.78 is 33.2. The summed E-state index contributed by atoms with van der Waals surface area (Å²) in [5.74, 6) is 1.11. The molecule has 2 aliphatic heterocycles. The van der Waals surface area contributed by atoms with Gasteiger partial charge >= 0.3 is 0 Å². The topological polar surface area (TPSA) is 67.4 Å². The Morgan fingerprint density at radius 3 is 3.05 bits per heavy atom. The SMILES string of the molecule is CC1CNCCC1NS(=O)(=O)c1ccc2c(c1)CCO2. The Kier molecular flexibility index (Phi) is 3.70. The molecule has 1 aromatic rings. The molecule has 0 spiro atoms. The summed E-state index contributed by atoms with van der Waals surface area (Å²) in [7, 11) is -3.45. The molecule has 2 N–H and O–H groups in total. The number of ether oxygens (including phenoxy) is 1. The third-order valence-corrected chi connectivity index (χ3v) is 5.55. The first-order chi connectivity index (χ1) is 9.56. The van der Waals surface area contributed by atoms with Crippen molar-refractivity contribution in [1.82, 2.24) is 10.0 Å². The molecule has 0 radical (unpaired) electrons. The maximum Gasteiger partial charge on any atom is 0.240 e. The average Bonchev–Trinajstić information content (AvgIpc) is 2.88. The zero-order valence-corrected chi connectivity index (χ0v) is 12.4. The highest BCUT2D eigenvalue weighted by Crippen LogP contribution is 2.28. The van der Waals surface area contributed by atoms with Crippen LogP contribution >= 0.6 is 0 Å². The molecule has 5 nitrogen and oxygen atoms in total. The van der Waals surface area contributed by atoms with Crippen LogP contribution < -0.4 is 14.8 Å². The van der Waals surface area contributed by atoms with E-state index in [2.05, 4.69) is 17.0 Å². The van der Waals surface area contributed by atoms with Crippen LogP contribution in [0.3, 0.4) is 0 Å². The van der Waals surface area contributed by atoms with Crippen molar-refractivity contribution in [2.45, 2.75) is 30.7 Å². The summed E-state index contributed by atoms with van der Waals surface area (Å²) in [6, 6.07) is 5.11. The summed E-state index contributed by atoms with van der Waals surface area (Å²) in [6.07, 6.45) is 1.61. The van der Waals surface area contributed by atoms with Crippen LogP contribution in [-0.2, 0) is 16.4 Å². The molecule has 0 amide bonds.